The highest BCUT2D eigenvalue weighted by molar-refractivity contribution is 9.10. The molecule has 0 spiro atoms. The SMILES string of the molecule is COc1ccc(/C=N/NC(=O)CN(Cc2ccc(Cl)cc2Cl)S(=O)(=O)c2ccc(Br)cc2)c(OC)c1OC. The number of methoxy groups -OCH3 is 3. The van der Waals surface area contributed by atoms with E-state index in [0.29, 0.717) is 37.9 Å². The molecule has 0 radical (unpaired) electrons. The molecule has 0 aliphatic rings. The van der Waals surface area contributed by atoms with Crippen LogP contribution in [0.1, 0.15) is 11.1 Å². The van der Waals surface area contributed by atoms with Gasteiger partial charge in [0, 0.05) is 26.6 Å². The van der Waals surface area contributed by atoms with Gasteiger partial charge in [-0.05, 0) is 54.1 Å². The van der Waals surface area contributed by atoms with Crippen LogP contribution in [0, 0.1) is 0 Å². The van der Waals surface area contributed by atoms with E-state index in [1.54, 1.807) is 36.4 Å². The number of rotatable bonds is 11. The molecule has 0 aromatic heterocycles. The highest BCUT2D eigenvalue weighted by atomic mass is 79.9. The first kappa shape index (κ1) is 29.7. The van der Waals surface area contributed by atoms with Crippen molar-refractivity contribution in [2.24, 2.45) is 5.10 Å². The van der Waals surface area contributed by atoms with Gasteiger partial charge in [-0.25, -0.2) is 13.8 Å². The molecule has 3 rings (SSSR count). The maximum atomic E-state index is 13.5. The molecule has 0 aliphatic carbocycles. The van der Waals surface area contributed by atoms with E-state index in [2.05, 4.69) is 26.5 Å². The molecule has 0 fully saturated rings. The van der Waals surface area contributed by atoms with Crippen LogP contribution in [0.25, 0.3) is 0 Å². The summed E-state index contributed by atoms with van der Waals surface area (Å²) in [6, 6.07) is 14.1. The lowest BCUT2D eigenvalue weighted by atomic mass is 10.2. The summed E-state index contributed by atoms with van der Waals surface area (Å²) in [6.45, 7) is -0.702. The number of hydrogen-bond donors (Lipinski definition) is 1. The number of carbonyl (C=O) groups is 1. The summed E-state index contributed by atoms with van der Waals surface area (Å²) < 4.78 is 44.6. The van der Waals surface area contributed by atoms with Gasteiger partial charge in [0.1, 0.15) is 0 Å². The van der Waals surface area contributed by atoms with E-state index in [0.717, 1.165) is 4.31 Å². The molecule has 0 unspecified atom stereocenters. The molecule has 0 bridgehead atoms. The topological polar surface area (TPSA) is 107 Å². The number of nitrogens with zero attached hydrogens (tertiary/aromatic N) is 2. The fourth-order valence-corrected chi connectivity index (χ4v) is 5.52. The molecule has 0 atom stereocenters. The van der Waals surface area contributed by atoms with Crippen LogP contribution in [0.5, 0.6) is 17.2 Å². The number of sulfonamides is 1. The number of nitrogens with one attached hydrogen (secondary N) is 1. The number of ether oxygens (including phenoxy) is 3. The minimum atomic E-state index is -4.08. The quantitative estimate of drug-likeness (QED) is 0.229. The molecular formula is C25H24BrCl2N3O6S. The summed E-state index contributed by atoms with van der Waals surface area (Å²) >= 11 is 15.6. The Morgan fingerprint density at radius 2 is 1.68 bits per heavy atom. The van der Waals surface area contributed by atoms with Crippen molar-refractivity contribution in [3.05, 3.63) is 80.2 Å². The van der Waals surface area contributed by atoms with Crippen LogP contribution in [0.4, 0.5) is 0 Å². The molecule has 3 aromatic rings. The Balaban J connectivity index is 1.85. The number of halogens is 3. The van der Waals surface area contributed by atoms with Gasteiger partial charge in [0.25, 0.3) is 5.91 Å². The summed E-state index contributed by atoms with van der Waals surface area (Å²) in [6.07, 6.45) is 1.35. The van der Waals surface area contributed by atoms with E-state index >= 15 is 0 Å². The van der Waals surface area contributed by atoms with Gasteiger partial charge >= 0.3 is 0 Å². The van der Waals surface area contributed by atoms with Gasteiger partial charge < -0.3 is 14.2 Å². The molecule has 9 nitrogen and oxygen atoms in total. The predicted molar refractivity (Wildman–Crippen MR) is 150 cm³/mol. The number of amides is 1. The fraction of sp³-hybridized carbons (Fsp3) is 0.200. The van der Waals surface area contributed by atoms with Crippen molar-refractivity contribution in [3.63, 3.8) is 0 Å². The minimum Gasteiger partial charge on any atom is -0.493 e. The van der Waals surface area contributed by atoms with Crippen molar-refractivity contribution >= 4 is 61.3 Å². The molecule has 0 heterocycles. The first-order chi connectivity index (χ1) is 18.1. The third-order valence-electron chi connectivity index (χ3n) is 5.26. The van der Waals surface area contributed by atoms with E-state index in [1.807, 2.05) is 0 Å². The van der Waals surface area contributed by atoms with Gasteiger partial charge in [-0.3, -0.25) is 4.79 Å². The van der Waals surface area contributed by atoms with Crippen LogP contribution in [0.3, 0.4) is 0 Å². The van der Waals surface area contributed by atoms with Gasteiger partial charge in [0.2, 0.25) is 15.8 Å². The Morgan fingerprint density at radius 1 is 1.00 bits per heavy atom. The third kappa shape index (κ3) is 7.17. The van der Waals surface area contributed by atoms with Gasteiger partial charge in [-0.2, -0.15) is 9.41 Å². The highest BCUT2D eigenvalue weighted by Crippen LogP contribution is 2.39. The average Bonchev–Trinajstić information content (AvgIpc) is 2.89. The van der Waals surface area contributed by atoms with Crippen LogP contribution in [-0.4, -0.2) is 52.7 Å². The highest BCUT2D eigenvalue weighted by Gasteiger charge is 2.27. The standard InChI is InChI=1S/C25H24BrCl2N3O6S/c1-35-22-11-5-16(24(36-2)25(22)37-3)13-29-30-23(32)15-31(14-17-4-8-19(27)12-21(17)28)38(33,34)20-9-6-18(26)7-10-20/h4-13H,14-15H2,1-3H3,(H,30,32)/b29-13+. The minimum absolute atomic E-state index is 0.0113. The van der Waals surface area contributed by atoms with Crippen molar-refractivity contribution in [1.29, 1.82) is 0 Å². The second kappa shape index (κ2) is 13.3. The van der Waals surface area contributed by atoms with E-state index < -0.39 is 22.5 Å². The molecule has 0 saturated carbocycles. The van der Waals surface area contributed by atoms with Gasteiger partial charge in [-0.15, -0.1) is 0 Å². The Hall–Kier alpha value is -2.83. The second-order valence-corrected chi connectivity index (χ2v) is 11.4. The summed E-state index contributed by atoms with van der Waals surface area (Å²) in [7, 11) is 0.339. The van der Waals surface area contributed by atoms with Crippen LogP contribution < -0.4 is 19.6 Å². The van der Waals surface area contributed by atoms with Crippen LogP contribution >= 0.6 is 39.1 Å². The van der Waals surface area contributed by atoms with Gasteiger partial charge in [0.05, 0.1) is 39.0 Å². The van der Waals surface area contributed by atoms with Crippen molar-refractivity contribution in [2.45, 2.75) is 11.4 Å². The zero-order valence-electron chi connectivity index (χ0n) is 20.6. The molecular weight excluding hydrogens is 621 g/mol. The Labute approximate surface area is 239 Å². The van der Waals surface area contributed by atoms with Crippen LogP contribution in [0.15, 0.2) is 69.1 Å². The molecule has 1 amide bonds. The van der Waals surface area contributed by atoms with Gasteiger partial charge in [0.15, 0.2) is 11.5 Å². The monoisotopic (exact) mass is 643 g/mol. The van der Waals surface area contributed by atoms with Crippen LogP contribution in [0.2, 0.25) is 10.0 Å². The third-order valence-corrected chi connectivity index (χ3v) is 8.18. The van der Waals surface area contributed by atoms with E-state index in [4.69, 9.17) is 37.4 Å². The van der Waals surface area contributed by atoms with E-state index in [1.165, 1.54) is 45.7 Å². The number of hydrogen-bond acceptors (Lipinski definition) is 7. The Bertz CT molecular complexity index is 1440. The summed E-state index contributed by atoms with van der Waals surface area (Å²) in [5.41, 5.74) is 3.33. The zero-order chi connectivity index (χ0) is 27.9. The maximum absolute atomic E-state index is 13.5. The predicted octanol–water partition coefficient (Wildman–Crippen LogP) is 5.12. The van der Waals surface area contributed by atoms with Crippen molar-refractivity contribution in [3.8, 4) is 17.2 Å². The zero-order valence-corrected chi connectivity index (χ0v) is 24.5. The molecule has 0 aliphatic heterocycles. The lowest BCUT2D eigenvalue weighted by Gasteiger charge is -2.22. The molecule has 202 valence electrons. The average molecular weight is 645 g/mol. The van der Waals surface area contributed by atoms with Crippen molar-refractivity contribution in [1.82, 2.24) is 9.73 Å². The summed E-state index contributed by atoms with van der Waals surface area (Å²) in [5, 5.41) is 4.64. The summed E-state index contributed by atoms with van der Waals surface area (Å²) in [4.78, 5) is 12.8. The van der Waals surface area contributed by atoms with Crippen LogP contribution in [-0.2, 0) is 21.4 Å². The largest absolute Gasteiger partial charge is 0.493 e. The van der Waals surface area contributed by atoms with E-state index in [9.17, 15) is 13.2 Å². The lowest BCUT2D eigenvalue weighted by molar-refractivity contribution is -0.121. The first-order valence-corrected chi connectivity index (χ1v) is 13.9. The number of benzene rings is 3. The Kier molecular flexibility index (Phi) is 10.4. The molecule has 3 aromatic carbocycles. The second-order valence-electron chi connectivity index (χ2n) is 7.68. The number of carbonyl (C=O) groups excluding carboxylic acids is 1. The maximum Gasteiger partial charge on any atom is 0.255 e. The smallest absolute Gasteiger partial charge is 0.255 e. The Morgan fingerprint density at radius 3 is 2.29 bits per heavy atom. The number of hydrazone groups is 1. The normalized spacial score (nSPS) is 11.6. The molecule has 1 N–H and O–H groups in total. The van der Waals surface area contributed by atoms with Crippen molar-refractivity contribution < 1.29 is 27.4 Å². The van der Waals surface area contributed by atoms with Crippen molar-refractivity contribution in [2.75, 3.05) is 27.9 Å². The first-order valence-electron chi connectivity index (χ1n) is 10.9. The fourth-order valence-electron chi connectivity index (χ4n) is 3.42. The summed E-state index contributed by atoms with van der Waals surface area (Å²) in [5.74, 6) is 0.491. The van der Waals surface area contributed by atoms with Gasteiger partial charge in [-0.1, -0.05) is 45.2 Å². The molecule has 0 saturated heterocycles. The molecule has 13 heteroatoms. The lowest BCUT2D eigenvalue weighted by Crippen LogP contribution is -2.39. The van der Waals surface area contributed by atoms with E-state index in [-0.39, 0.29) is 16.5 Å². The molecule has 38 heavy (non-hydrogen) atoms.